The maximum Gasteiger partial charge on any atom is 0.269 e. The van der Waals surface area contributed by atoms with Crippen LogP contribution in [0.15, 0.2) is 18.2 Å². The molecule has 1 aliphatic rings. The van der Waals surface area contributed by atoms with Crippen LogP contribution >= 0.6 is 11.5 Å². The summed E-state index contributed by atoms with van der Waals surface area (Å²) in [6, 6.07) is 5.09. The second kappa shape index (κ2) is 6.49. The summed E-state index contributed by atoms with van der Waals surface area (Å²) in [5.74, 6) is 0.817. The zero-order valence-corrected chi connectivity index (χ0v) is 14.0. The molecule has 0 saturated carbocycles. The van der Waals surface area contributed by atoms with Gasteiger partial charge >= 0.3 is 0 Å². The summed E-state index contributed by atoms with van der Waals surface area (Å²) < 4.78 is 4.25. The second-order valence-corrected chi connectivity index (χ2v) is 6.41. The predicted octanol–water partition coefficient (Wildman–Crippen LogP) is 2.78. The van der Waals surface area contributed by atoms with Gasteiger partial charge in [0.2, 0.25) is 5.13 Å². The maximum absolute atomic E-state index is 10.9. The van der Waals surface area contributed by atoms with E-state index in [-0.39, 0.29) is 10.6 Å². The number of nitro groups is 1. The summed E-state index contributed by atoms with van der Waals surface area (Å²) in [5.41, 5.74) is 2.16. The van der Waals surface area contributed by atoms with Gasteiger partial charge in [-0.05, 0) is 31.9 Å². The van der Waals surface area contributed by atoms with Crippen molar-refractivity contribution in [2.75, 3.05) is 36.0 Å². The Hall–Kier alpha value is -2.22. The number of aryl methyl sites for hydroxylation is 2. The molecule has 0 amide bonds. The molecule has 0 bridgehead atoms. The van der Waals surface area contributed by atoms with Gasteiger partial charge in [0.1, 0.15) is 5.82 Å². The zero-order valence-electron chi connectivity index (χ0n) is 13.2. The molecule has 1 aliphatic heterocycles. The van der Waals surface area contributed by atoms with Crippen LogP contribution in [0, 0.1) is 24.0 Å². The zero-order chi connectivity index (χ0) is 16.4. The Morgan fingerprint density at radius 1 is 1.17 bits per heavy atom. The number of nitrogens with zero attached hydrogens (tertiary/aromatic N) is 5. The predicted molar refractivity (Wildman–Crippen MR) is 91.5 cm³/mol. The van der Waals surface area contributed by atoms with E-state index in [1.807, 2.05) is 19.9 Å². The largest absolute Gasteiger partial charge is 0.369 e. The van der Waals surface area contributed by atoms with Gasteiger partial charge in [-0.15, -0.1) is 0 Å². The van der Waals surface area contributed by atoms with Crippen molar-refractivity contribution in [3.63, 3.8) is 0 Å². The smallest absolute Gasteiger partial charge is 0.269 e. The first-order valence-electron chi connectivity index (χ1n) is 7.60. The van der Waals surface area contributed by atoms with Gasteiger partial charge in [-0.3, -0.25) is 10.1 Å². The lowest BCUT2D eigenvalue weighted by molar-refractivity contribution is -0.384. The maximum atomic E-state index is 10.9. The second-order valence-electron chi connectivity index (χ2n) is 5.68. The summed E-state index contributed by atoms with van der Waals surface area (Å²) in [7, 11) is 0. The van der Waals surface area contributed by atoms with Crippen LogP contribution in [0.3, 0.4) is 0 Å². The van der Waals surface area contributed by atoms with Crippen LogP contribution in [-0.4, -0.2) is 40.5 Å². The number of anilines is 2. The molecule has 2 heterocycles. The SMILES string of the molecule is Cc1nsc(N2CCCN(c3ccc([N+](=O)[O-])cc3C)CC2)n1. The van der Waals surface area contributed by atoms with E-state index in [2.05, 4.69) is 19.2 Å². The summed E-state index contributed by atoms with van der Waals surface area (Å²) >= 11 is 1.44. The normalized spacial score (nSPS) is 15.6. The lowest BCUT2D eigenvalue weighted by Gasteiger charge is -2.24. The molecule has 1 saturated heterocycles. The molecular weight excluding hydrogens is 314 g/mol. The Balaban J connectivity index is 1.74. The van der Waals surface area contributed by atoms with Crippen LogP contribution in [0.5, 0.6) is 0 Å². The van der Waals surface area contributed by atoms with Gasteiger partial charge in [0, 0.05) is 55.5 Å². The highest BCUT2D eigenvalue weighted by atomic mass is 32.1. The molecule has 0 N–H and O–H groups in total. The third-order valence-corrected chi connectivity index (χ3v) is 4.88. The van der Waals surface area contributed by atoms with Crippen molar-refractivity contribution in [2.45, 2.75) is 20.3 Å². The number of nitro benzene ring substituents is 1. The molecule has 1 aromatic heterocycles. The van der Waals surface area contributed by atoms with Gasteiger partial charge in [0.15, 0.2) is 0 Å². The molecule has 1 aromatic carbocycles. The first kappa shape index (κ1) is 15.7. The van der Waals surface area contributed by atoms with E-state index in [0.717, 1.165) is 54.8 Å². The molecule has 122 valence electrons. The van der Waals surface area contributed by atoms with Gasteiger partial charge in [-0.1, -0.05) is 0 Å². The van der Waals surface area contributed by atoms with Crippen molar-refractivity contribution in [1.29, 1.82) is 0 Å². The van der Waals surface area contributed by atoms with Gasteiger partial charge in [-0.25, -0.2) is 4.98 Å². The molecule has 0 radical (unpaired) electrons. The van der Waals surface area contributed by atoms with Crippen LogP contribution in [0.25, 0.3) is 0 Å². The average Bonchev–Trinajstić information content (AvgIpc) is 2.81. The van der Waals surface area contributed by atoms with Crippen molar-refractivity contribution in [2.24, 2.45) is 0 Å². The molecule has 7 nitrogen and oxygen atoms in total. The topological polar surface area (TPSA) is 75.4 Å². The first-order chi connectivity index (χ1) is 11.0. The fourth-order valence-corrected chi connectivity index (χ4v) is 3.60. The van der Waals surface area contributed by atoms with Gasteiger partial charge in [0.25, 0.3) is 5.69 Å². The summed E-state index contributed by atoms with van der Waals surface area (Å²) in [6.07, 6.45) is 1.02. The molecule has 0 spiro atoms. The minimum atomic E-state index is -0.348. The summed E-state index contributed by atoms with van der Waals surface area (Å²) in [5, 5.41) is 11.8. The number of benzene rings is 1. The van der Waals surface area contributed by atoms with Crippen LogP contribution in [0.1, 0.15) is 17.8 Å². The van der Waals surface area contributed by atoms with E-state index in [1.165, 1.54) is 11.5 Å². The van der Waals surface area contributed by atoms with Gasteiger partial charge in [0.05, 0.1) is 4.92 Å². The van der Waals surface area contributed by atoms with Crippen LogP contribution in [0.2, 0.25) is 0 Å². The van der Waals surface area contributed by atoms with Crippen molar-refractivity contribution in [1.82, 2.24) is 9.36 Å². The van der Waals surface area contributed by atoms with E-state index in [1.54, 1.807) is 12.1 Å². The van der Waals surface area contributed by atoms with E-state index >= 15 is 0 Å². The number of hydrogen-bond acceptors (Lipinski definition) is 7. The molecule has 0 atom stereocenters. The molecule has 8 heteroatoms. The minimum absolute atomic E-state index is 0.145. The van der Waals surface area contributed by atoms with Crippen LogP contribution in [-0.2, 0) is 0 Å². The number of aromatic nitrogens is 2. The Morgan fingerprint density at radius 3 is 2.57 bits per heavy atom. The van der Waals surface area contributed by atoms with E-state index in [9.17, 15) is 10.1 Å². The van der Waals surface area contributed by atoms with Crippen molar-refractivity contribution in [3.8, 4) is 0 Å². The quantitative estimate of drug-likeness (QED) is 0.635. The molecule has 23 heavy (non-hydrogen) atoms. The van der Waals surface area contributed by atoms with Gasteiger partial charge < -0.3 is 9.80 Å². The van der Waals surface area contributed by atoms with Crippen molar-refractivity contribution in [3.05, 3.63) is 39.7 Å². The van der Waals surface area contributed by atoms with E-state index in [4.69, 9.17) is 0 Å². The number of non-ortho nitro benzene ring substituents is 1. The Bertz CT molecular complexity index is 718. The highest BCUT2D eigenvalue weighted by molar-refractivity contribution is 7.09. The first-order valence-corrected chi connectivity index (χ1v) is 8.37. The third kappa shape index (κ3) is 3.42. The molecule has 1 fully saturated rings. The fourth-order valence-electron chi connectivity index (χ4n) is 2.87. The van der Waals surface area contributed by atoms with E-state index in [0.29, 0.717) is 0 Å². The van der Waals surface area contributed by atoms with Crippen LogP contribution < -0.4 is 9.80 Å². The fraction of sp³-hybridized carbons (Fsp3) is 0.467. The third-order valence-electron chi connectivity index (χ3n) is 4.02. The van der Waals surface area contributed by atoms with Gasteiger partial charge in [-0.2, -0.15) is 4.37 Å². The standard InChI is InChI=1S/C15H19N5O2S/c1-11-10-13(20(21)22)4-5-14(11)18-6-3-7-19(9-8-18)15-16-12(2)17-23-15/h4-5,10H,3,6-9H2,1-2H3. The highest BCUT2D eigenvalue weighted by Gasteiger charge is 2.20. The number of rotatable bonds is 3. The molecule has 2 aromatic rings. The summed E-state index contributed by atoms with van der Waals surface area (Å²) in [6.45, 7) is 7.48. The Kier molecular flexibility index (Phi) is 4.42. The average molecular weight is 333 g/mol. The summed E-state index contributed by atoms with van der Waals surface area (Å²) in [4.78, 5) is 19.6. The van der Waals surface area contributed by atoms with Crippen molar-refractivity contribution < 1.29 is 4.92 Å². The molecule has 0 unspecified atom stereocenters. The highest BCUT2D eigenvalue weighted by Crippen LogP contribution is 2.27. The Labute approximate surface area is 138 Å². The lowest BCUT2D eigenvalue weighted by atomic mass is 10.1. The number of hydrogen-bond donors (Lipinski definition) is 0. The van der Waals surface area contributed by atoms with Crippen molar-refractivity contribution >= 4 is 28.0 Å². The molecular formula is C15H19N5O2S. The Morgan fingerprint density at radius 2 is 1.91 bits per heavy atom. The monoisotopic (exact) mass is 333 g/mol. The molecule has 3 rings (SSSR count). The minimum Gasteiger partial charge on any atom is -0.369 e. The van der Waals surface area contributed by atoms with Crippen LogP contribution in [0.4, 0.5) is 16.5 Å². The lowest BCUT2D eigenvalue weighted by Crippen LogP contribution is -2.31. The van der Waals surface area contributed by atoms with E-state index < -0.39 is 0 Å². The molecule has 0 aliphatic carbocycles.